The number of nitrogens with zero attached hydrogens (tertiary/aromatic N) is 1. The van der Waals surface area contributed by atoms with E-state index in [1.807, 2.05) is 6.08 Å². The summed E-state index contributed by atoms with van der Waals surface area (Å²) in [5.74, 6) is 0. The number of benzene rings is 3. The second kappa shape index (κ2) is 12.0. The molecule has 0 aromatic heterocycles. The molecule has 3 aliphatic rings. The summed E-state index contributed by atoms with van der Waals surface area (Å²) < 4.78 is 0. The molecule has 3 aromatic rings. The minimum Gasteiger partial charge on any atom is -0.341 e. The van der Waals surface area contributed by atoms with Crippen molar-refractivity contribution in [1.82, 2.24) is 0 Å². The van der Waals surface area contributed by atoms with Gasteiger partial charge in [0.05, 0.1) is 6.04 Å². The topological polar surface area (TPSA) is 3.24 Å². The molecule has 0 saturated heterocycles. The zero-order chi connectivity index (χ0) is 31.0. The maximum atomic E-state index is 4.10. The van der Waals surface area contributed by atoms with Gasteiger partial charge in [0.2, 0.25) is 0 Å². The summed E-state index contributed by atoms with van der Waals surface area (Å²) in [5.41, 5.74) is 15.0. The van der Waals surface area contributed by atoms with Gasteiger partial charge in [-0.3, -0.25) is 0 Å². The molecule has 0 spiro atoms. The van der Waals surface area contributed by atoms with Crippen LogP contribution in [0.5, 0.6) is 0 Å². The first-order valence-electron chi connectivity index (χ1n) is 16.0. The van der Waals surface area contributed by atoms with Gasteiger partial charge < -0.3 is 4.90 Å². The van der Waals surface area contributed by atoms with E-state index in [0.717, 1.165) is 18.4 Å². The van der Waals surface area contributed by atoms with Gasteiger partial charge in [-0.15, -0.1) is 0 Å². The lowest BCUT2D eigenvalue weighted by molar-refractivity contribution is 0.563. The summed E-state index contributed by atoms with van der Waals surface area (Å²) in [7, 11) is 0. The van der Waals surface area contributed by atoms with E-state index < -0.39 is 0 Å². The average Bonchev–Trinajstić information content (AvgIpc) is 3.23. The summed E-state index contributed by atoms with van der Waals surface area (Å²) in [6.07, 6.45) is 21.8. The van der Waals surface area contributed by atoms with Gasteiger partial charge in [-0.2, -0.15) is 0 Å². The summed E-state index contributed by atoms with van der Waals surface area (Å²) >= 11 is 0. The van der Waals surface area contributed by atoms with Crippen LogP contribution in [0.25, 0.3) is 22.4 Å². The van der Waals surface area contributed by atoms with E-state index >= 15 is 0 Å². The number of aryl methyl sites for hydroxylation is 1. The van der Waals surface area contributed by atoms with Crippen LogP contribution in [0.2, 0.25) is 0 Å². The summed E-state index contributed by atoms with van der Waals surface area (Å²) in [6.45, 7) is 17.8. The normalized spacial score (nSPS) is 19.3. The van der Waals surface area contributed by atoms with E-state index in [2.05, 4.69) is 156 Å². The van der Waals surface area contributed by atoms with Crippen molar-refractivity contribution < 1.29 is 0 Å². The minimum absolute atomic E-state index is 0.0172. The Morgan fingerprint density at radius 3 is 2.41 bits per heavy atom. The molecule has 0 heterocycles. The highest BCUT2D eigenvalue weighted by Crippen LogP contribution is 2.55. The third-order valence-corrected chi connectivity index (χ3v) is 9.53. The molecule has 222 valence electrons. The van der Waals surface area contributed by atoms with E-state index in [0.29, 0.717) is 0 Å². The fourth-order valence-corrected chi connectivity index (χ4v) is 7.34. The van der Waals surface area contributed by atoms with E-state index in [9.17, 15) is 0 Å². The molecular weight excluding hydrogens is 530 g/mol. The maximum absolute atomic E-state index is 4.10. The standard InChI is InChI=1S/C43H45N/c1-8-14-32(39-27-31(5)35-17-12-13-18-36(35)40(39)25-29(2)3)23-24-44(33-15-10-9-11-16-33)34-20-22-38-37-21-19-30(4)26-41(37)43(6,7)42(38)28-34/h8-18,22-28,34H,1,19-21H2,2-7H3/b24-23-,32-14+. The van der Waals surface area contributed by atoms with Crippen LogP contribution in [0.3, 0.4) is 0 Å². The first-order chi connectivity index (χ1) is 21.2. The molecule has 0 radical (unpaired) electrons. The van der Waals surface area contributed by atoms with Crippen LogP contribution >= 0.6 is 0 Å². The Morgan fingerprint density at radius 1 is 0.955 bits per heavy atom. The van der Waals surface area contributed by atoms with Gasteiger partial charge in [0.25, 0.3) is 0 Å². The Labute approximate surface area is 264 Å². The zero-order valence-electron chi connectivity index (χ0n) is 27.2. The number of hydrogen-bond donors (Lipinski definition) is 0. The van der Waals surface area contributed by atoms with Gasteiger partial charge >= 0.3 is 0 Å². The second-order valence-electron chi connectivity index (χ2n) is 13.3. The molecule has 0 aliphatic heterocycles. The average molecular weight is 576 g/mol. The van der Waals surface area contributed by atoms with Gasteiger partial charge in [0.1, 0.15) is 0 Å². The Hall–Kier alpha value is -4.36. The number of rotatable bonds is 7. The van der Waals surface area contributed by atoms with Gasteiger partial charge in [0, 0.05) is 17.3 Å². The monoisotopic (exact) mass is 575 g/mol. The first kappa shape index (κ1) is 29.7. The number of para-hydroxylation sites is 1. The number of fused-ring (bicyclic) bond motifs is 3. The second-order valence-corrected chi connectivity index (χ2v) is 13.3. The fraction of sp³-hybridized carbons (Fsp3) is 0.256. The van der Waals surface area contributed by atoms with Crippen LogP contribution in [0, 0.1) is 12.3 Å². The van der Waals surface area contributed by atoms with Crippen LogP contribution in [0.4, 0.5) is 5.69 Å². The molecule has 3 aromatic carbocycles. The van der Waals surface area contributed by atoms with Crippen molar-refractivity contribution in [1.29, 1.82) is 0 Å². The fourth-order valence-electron chi connectivity index (χ4n) is 7.34. The predicted molar refractivity (Wildman–Crippen MR) is 193 cm³/mol. The summed E-state index contributed by atoms with van der Waals surface area (Å²) in [5, 5.41) is 2.58. The van der Waals surface area contributed by atoms with Crippen molar-refractivity contribution in [3.63, 3.8) is 0 Å². The lowest BCUT2D eigenvalue weighted by Crippen LogP contribution is -2.31. The SMILES string of the molecule is C=C/C=C(\C=C/N(c1ccccc1)C1C=C2C(=CC1)C1=C(C=C(C)CC1)C2(C)C)c1cc(C)c2ccccc2c1C=C(C)C. The Kier molecular flexibility index (Phi) is 8.08. The summed E-state index contributed by atoms with van der Waals surface area (Å²) in [4.78, 5) is 2.46. The van der Waals surface area contributed by atoms with Crippen molar-refractivity contribution in [3.8, 4) is 0 Å². The molecule has 3 aliphatic carbocycles. The molecule has 0 saturated carbocycles. The van der Waals surface area contributed by atoms with Gasteiger partial charge in [0.15, 0.2) is 0 Å². The third kappa shape index (κ3) is 5.41. The van der Waals surface area contributed by atoms with Gasteiger partial charge in [-0.1, -0.05) is 117 Å². The van der Waals surface area contributed by atoms with Crippen LogP contribution in [0.1, 0.15) is 70.6 Å². The van der Waals surface area contributed by atoms with Crippen molar-refractivity contribution in [3.05, 3.63) is 160 Å². The smallest absolute Gasteiger partial charge is 0.0557 e. The molecule has 1 unspecified atom stereocenters. The first-order valence-corrected chi connectivity index (χ1v) is 16.0. The molecule has 44 heavy (non-hydrogen) atoms. The van der Waals surface area contributed by atoms with E-state index in [-0.39, 0.29) is 11.5 Å². The highest BCUT2D eigenvalue weighted by atomic mass is 15.1. The quantitative estimate of drug-likeness (QED) is 0.253. The molecule has 0 amide bonds. The largest absolute Gasteiger partial charge is 0.341 e. The maximum Gasteiger partial charge on any atom is 0.0557 e. The van der Waals surface area contributed by atoms with Crippen molar-refractivity contribution in [2.75, 3.05) is 4.90 Å². The van der Waals surface area contributed by atoms with Crippen molar-refractivity contribution in [2.24, 2.45) is 5.41 Å². The number of allylic oxidation sites excluding steroid dienone is 11. The minimum atomic E-state index is 0.0172. The lowest BCUT2D eigenvalue weighted by Gasteiger charge is -2.34. The van der Waals surface area contributed by atoms with Crippen LogP contribution in [0.15, 0.2) is 143 Å². The highest BCUT2D eigenvalue weighted by molar-refractivity contribution is 5.99. The van der Waals surface area contributed by atoms with Gasteiger partial charge in [-0.25, -0.2) is 0 Å². The van der Waals surface area contributed by atoms with E-state index in [1.54, 1.807) is 5.57 Å². The van der Waals surface area contributed by atoms with Crippen LogP contribution < -0.4 is 4.90 Å². The Balaban J connectivity index is 1.44. The molecular formula is C43H45N. The van der Waals surface area contributed by atoms with Crippen LogP contribution in [-0.4, -0.2) is 6.04 Å². The molecule has 0 bridgehead atoms. The Morgan fingerprint density at radius 2 is 1.68 bits per heavy atom. The van der Waals surface area contributed by atoms with Crippen molar-refractivity contribution >= 4 is 28.1 Å². The molecule has 1 atom stereocenters. The molecule has 1 heteroatoms. The van der Waals surface area contributed by atoms with E-state index in [4.69, 9.17) is 0 Å². The molecule has 1 nitrogen and oxygen atoms in total. The van der Waals surface area contributed by atoms with Crippen LogP contribution in [-0.2, 0) is 0 Å². The zero-order valence-corrected chi connectivity index (χ0v) is 27.2. The molecule has 6 rings (SSSR count). The van der Waals surface area contributed by atoms with E-state index in [1.165, 1.54) is 67.4 Å². The molecule has 0 N–H and O–H groups in total. The molecule has 0 fully saturated rings. The Bertz CT molecular complexity index is 1840. The highest BCUT2D eigenvalue weighted by Gasteiger charge is 2.42. The van der Waals surface area contributed by atoms with Gasteiger partial charge in [-0.05, 0) is 120 Å². The number of anilines is 1. The van der Waals surface area contributed by atoms with Crippen molar-refractivity contribution in [2.45, 2.75) is 66.8 Å². The summed E-state index contributed by atoms with van der Waals surface area (Å²) in [6, 6.07) is 22.1. The number of hydrogen-bond acceptors (Lipinski definition) is 1. The lowest BCUT2D eigenvalue weighted by atomic mass is 9.77. The third-order valence-electron chi connectivity index (χ3n) is 9.53. The predicted octanol–water partition coefficient (Wildman–Crippen LogP) is 11.9.